The Kier molecular flexibility index (Phi) is 4.10. The molecule has 2 aliphatic rings. The van der Waals surface area contributed by atoms with Gasteiger partial charge in [0.2, 0.25) is 12.5 Å². The van der Waals surface area contributed by atoms with Gasteiger partial charge in [-0.2, -0.15) is 13.2 Å². The number of rotatable bonds is 1. The van der Waals surface area contributed by atoms with Gasteiger partial charge < -0.3 is 9.47 Å². The predicted octanol–water partition coefficient (Wildman–Crippen LogP) is 3.48. The third-order valence-electron chi connectivity index (χ3n) is 4.45. The summed E-state index contributed by atoms with van der Waals surface area (Å²) in [6.45, 7) is 1.70. The number of aromatic nitrogens is 1. The summed E-state index contributed by atoms with van der Waals surface area (Å²) in [5.41, 5.74) is 1.35. The highest BCUT2D eigenvalue weighted by molar-refractivity contribution is 5.99. The SMILES string of the molecule is CC1=NC2OC(=O)/C=C/C(=O)OC2n2c1ccc2-c1ccc(C(F)(F)F)cc1. The predicted molar refractivity (Wildman–Crippen MR) is 91.2 cm³/mol. The van der Waals surface area contributed by atoms with Crippen LogP contribution in [0.4, 0.5) is 13.2 Å². The van der Waals surface area contributed by atoms with Crippen LogP contribution in [0.2, 0.25) is 0 Å². The van der Waals surface area contributed by atoms with Crippen molar-refractivity contribution < 1.29 is 32.2 Å². The van der Waals surface area contributed by atoms with Crippen LogP contribution in [0.5, 0.6) is 0 Å². The van der Waals surface area contributed by atoms with Crippen LogP contribution in [0.1, 0.15) is 24.4 Å². The van der Waals surface area contributed by atoms with Gasteiger partial charge in [0.1, 0.15) is 0 Å². The summed E-state index contributed by atoms with van der Waals surface area (Å²) in [6.07, 6.45) is -4.72. The van der Waals surface area contributed by atoms with Crippen LogP contribution in [0.25, 0.3) is 11.3 Å². The standard InChI is InChI=1S/C19H13F3N2O4/c1-10-13-6-7-14(11-2-4-12(5-3-11)19(20,21)22)24(13)18-17(23-10)27-15(25)8-9-16(26)28-18/h2-9,17-18H,1H3/b9-8+. The van der Waals surface area contributed by atoms with Gasteiger partial charge in [-0.15, -0.1) is 0 Å². The molecule has 2 atom stereocenters. The Hall–Kier alpha value is -3.36. The quantitative estimate of drug-likeness (QED) is 0.699. The molecule has 0 spiro atoms. The van der Waals surface area contributed by atoms with Gasteiger partial charge in [-0.1, -0.05) is 12.1 Å². The topological polar surface area (TPSA) is 69.9 Å². The van der Waals surface area contributed by atoms with E-state index in [1.165, 1.54) is 12.1 Å². The molecule has 0 amide bonds. The number of benzene rings is 1. The number of hydrogen-bond donors (Lipinski definition) is 0. The van der Waals surface area contributed by atoms with Crippen molar-refractivity contribution >= 4 is 17.7 Å². The monoisotopic (exact) mass is 390 g/mol. The average Bonchev–Trinajstić information content (AvgIpc) is 3.07. The number of carbonyl (C=O) groups excluding carboxylic acids is 2. The highest BCUT2D eigenvalue weighted by atomic mass is 19.4. The molecule has 1 aromatic heterocycles. The molecule has 6 nitrogen and oxygen atoms in total. The first-order chi connectivity index (χ1) is 13.2. The van der Waals surface area contributed by atoms with Crippen LogP contribution in [0.15, 0.2) is 53.5 Å². The Morgan fingerprint density at radius 1 is 0.929 bits per heavy atom. The van der Waals surface area contributed by atoms with Crippen LogP contribution in [-0.2, 0) is 25.2 Å². The number of esters is 2. The van der Waals surface area contributed by atoms with E-state index >= 15 is 0 Å². The van der Waals surface area contributed by atoms with Crippen LogP contribution in [0, 0.1) is 0 Å². The molecule has 1 aromatic carbocycles. The maximum absolute atomic E-state index is 12.8. The Morgan fingerprint density at radius 3 is 2.18 bits per heavy atom. The minimum absolute atomic E-state index is 0.479. The van der Waals surface area contributed by atoms with E-state index in [2.05, 4.69) is 4.99 Å². The van der Waals surface area contributed by atoms with E-state index in [1.54, 1.807) is 23.6 Å². The van der Waals surface area contributed by atoms with Gasteiger partial charge in [-0.25, -0.2) is 14.6 Å². The molecule has 144 valence electrons. The van der Waals surface area contributed by atoms with E-state index < -0.39 is 36.1 Å². The number of ether oxygens (including phenoxy) is 2. The van der Waals surface area contributed by atoms with E-state index in [9.17, 15) is 22.8 Å². The van der Waals surface area contributed by atoms with E-state index in [0.29, 0.717) is 22.7 Å². The van der Waals surface area contributed by atoms with Crippen molar-refractivity contribution in [3.63, 3.8) is 0 Å². The number of nitrogens with zero attached hydrogens (tertiary/aromatic N) is 2. The number of hydrogen-bond acceptors (Lipinski definition) is 5. The summed E-state index contributed by atoms with van der Waals surface area (Å²) >= 11 is 0. The Morgan fingerprint density at radius 2 is 1.54 bits per heavy atom. The Balaban J connectivity index is 1.81. The van der Waals surface area contributed by atoms with E-state index in [0.717, 1.165) is 24.3 Å². The summed E-state index contributed by atoms with van der Waals surface area (Å²) in [5.74, 6) is -1.49. The molecule has 0 bridgehead atoms. The normalized spacial score (nSPS) is 22.8. The molecule has 28 heavy (non-hydrogen) atoms. The fourth-order valence-corrected chi connectivity index (χ4v) is 3.18. The largest absolute Gasteiger partial charge is 0.432 e. The highest BCUT2D eigenvalue weighted by Gasteiger charge is 2.37. The van der Waals surface area contributed by atoms with Crippen LogP contribution in [-0.4, -0.2) is 28.4 Å². The molecule has 3 heterocycles. The lowest BCUT2D eigenvalue weighted by Gasteiger charge is -2.32. The lowest BCUT2D eigenvalue weighted by molar-refractivity contribution is -0.171. The maximum atomic E-state index is 12.8. The smallest absolute Gasteiger partial charge is 0.416 e. The molecule has 2 unspecified atom stereocenters. The zero-order valence-electron chi connectivity index (χ0n) is 14.4. The van der Waals surface area contributed by atoms with Crippen molar-refractivity contribution in [2.75, 3.05) is 0 Å². The van der Waals surface area contributed by atoms with Gasteiger partial charge >= 0.3 is 18.1 Å². The van der Waals surface area contributed by atoms with E-state index in [1.807, 2.05) is 0 Å². The number of halogens is 3. The van der Waals surface area contributed by atoms with Crippen molar-refractivity contribution in [1.82, 2.24) is 4.57 Å². The highest BCUT2D eigenvalue weighted by Crippen LogP contribution is 2.36. The number of aliphatic imine (C=N–C) groups is 1. The molecular formula is C19H13F3N2O4. The molecule has 4 rings (SSSR count). The Labute approximate surface area is 156 Å². The fourth-order valence-electron chi connectivity index (χ4n) is 3.18. The molecular weight excluding hydrogens is 377 g/mol. The molecule has 0 radical (unpaired) electrons. The summed E-state index contributed by atoms with van der Waals surface area (Å²) in [4.78, 5) is 28.0. The first-order valence-corrected chi connectivity index (χ1v) is 8.27. The maximum Gasteiger partial charge on any atom is 0.416 e. The minimum atomic E-state index is -4.44. The van der Waals surface area contributed by atoms with Gasteiger partial charge in [-0.05, 0) is 36.8 Å². The van der Waals surface area contributed by atoms with Crippen LogP contribution in [0.3, 0.4) is 0 Å². The van der Waals surface area contributed by atoms with E-state index in [4.69, 9.17) is 9.47 Å². The molecule has 0 saturated carbocycles. The second-order valence-electron chi connectivity index (χ2n) is 6.25. The van der Waals surface area contributed by atoms with Gasteiger partial charge in [0, 0.05) is 12.2 Å². The van der Waals surface area contributed by atoms with Gasteiger partial charge in [0.15, 0.2) is 0 Å². The number of alkyl halides is 3. The third-order valence-corrected chi connectivity index (χ3v) is 4.45. The lowest BCUT2D eigenvalue weighted by atomic mass is 10.1. The molecule has 0 aliphatic carbocycles. The van der Waals surface area contributed by atoms with Gasteiger partial charge in [-0.3, -0.25) is 4.57 Å². The van der Waals surface area contributed by atoms with Crippen LogP contribution < -0.4 is 0 Å². The van der Waals surface area contributed by atoms with E-state index in [-0.39, 0.29) is 0 Å². The zero-order valence-corrected chi connectivity index (χ0v) is 14.4. The van der Waals surface area contributed by atoms with Crippen molar-refractivity contribution in [2.24, 2.45) is 4.99 Å². The average molecular weight is 390 g/mol. The number of carbonyl (C=O) groups is 2. The lowest BCUT2D eigenvalue weighted by Crippen LogP contribution is -2.37. The third kappa shape index (κ3) is 3.08. The fraction of sp³-hybridized carbons (Fsp3) is 0.211. The molecule has 2 aliphatic heterocycles. The minimum Gasteiger partial charge on any atom is -0.432 e. The van der Waals surface area contributed by atoms with Crippen molar-refractivity contribution in [3.8, 4) is 11.3 Å². The first kappa shape index (κ1) is 18.0. The molecule has 2 aromatic rings. The zero-order chi connectivity index (χ0) is 20.1. The summed E-state index contributed by atoms with van der Waals surface area (Å²) < 4.78 is 50.7. The number of fused-ring (bicyclic) bond motifs is 3. The first-order valence-electron chi connectivity index (χ1n) is 8.27. The summed E-state index contributed by atoms with van der Waals surface area (Å²) in [6, 6.07) is 8.01. The van der Waals surface area contributed by atoms with Gasteiger partial charge in [0.05, 0.1) is 22.7 Å². The van der Waals surface area contributed by atoms with Gasteiger partial charge in [0.25, 0.3) is 0 Å². The summed E-state index contributed by atoms with van der Waals surface area (Å²) in [5, 5.41) is 0. The second kappa shape index (κ2) is 6.36. The molecule has 0 saturated heterocycles. The Bertz CT molecular complexity index is 1020. The molecule has 0 fully saturated rings. The van der Waals surface area contributed by atoms with Crippen molar-refractivity contribution in [3.05, 3.63) is 59.8 Å². The summed E-state index contributed by atoms with van der Waals surface area (Å²) in [7, 11) is 0. The van der Waals surface area contributed by atoms with Crippen molar-refractivity contribution in [1.29, 1.82) is 0 Å². The van der Waals surface area contributed by atoms with Crippen molar-refractivity contribution in [2.45, 2.75) is 25.6 Å². The molecule has 9 heteroatoms. The molecule has 0 N–H and O–H groups in total. The second-order valence-corrected chi connectivity index (χ2v) is 6.25. The van der Waals surface area contributed by atoms with Crippen LogP contribution >= 0.6 is 0 Å².